The molecule has 0 unspecified atom stereocenters. The maximum absolute atomic E-state index is 12.7. The first-order valence-corrected chi connectivity index (χ1v) is 11.9. The number of carbonyl (C=O) groups excluding carboxylic acids is 1. The molecule has 2 aromatic carbocycles. The molecule has 1 saturated heterocycles. The Balaban J connectivity index is 1.17. The van der Waals surface area contributed by atoms with Crippen LogP contribution in [0.1, 0.15) is 22.5 Å². The Hall–Kier alpha value is -2.87. The number of ether oxygens (including phenoxy) is 1. The van der Waals surface area contributed by atoms with Gasteiger partial charge >= 0.3 is 0 Å². The van der Waals surface area contributed by atoms with Crippen molar-refractivity contribution in [3.05, 3.63) is 70.0 Å². The Morgan fingerprint density at radius 2 is 2.00 bits per heavy atom. The molecule has 0 atom stereocenters. The third-order valence-electron chi connectivity index (χ3n) is 5.97. The summed E-state index contributed by atoms with van der Waals surface area (Å²) in [7, 11) is 0. The zero-order valence-electron chi connectivity index (χ0n) is 17.2. The molecule has 2 aromatic heterocycles. The quantitative estimate of drug-likeness (QED) is 0.431. The van der Waals surface area contributed by atoms with Crippen LogP contribution in [0.3, 0.4) is 0 Å². The Kier molecular flexibility index (Phi) is 4.90. The summed E-state index contributed by atoms with van der Waals surface area (Å²) in [4.78, 5) is 15.8. The van der Waals surface area contributed by atoms with Gasteiger partial charge in [0.15, 0.2) is 0 Å². The highest BCUT2D eigenvalue weighted by molar-refractivity contribution is 7.12. The van der Waals surface area contributed by atoms with Gasteiger partial charge in [-0.2, -0.15) is 5.10 Å². The van der Waals surface area contributed by atoms with Crippen LogP contribution >= 0.6 is 22.9 Å². The van der Waals surface area contributed by atoms with Crippen LogP contribution in [0.25, 0.3) is 16.6 Å². The lowest BCUT2D eigenvalue weighted by atomic mass is 10.1. The fourth-order valence-corrected chi connectivity index (χ4v) is 5.03. The molecule has 2 fully saturated rings. The van der Waals surface area contributed by atoms with E-state index in [1.54, 1.807) is 12.3 Å². The van der Waals surface area contributed by atoms with Crippen molar-refractivity contribution in [2.45, 2.75) is 24.9 Å². The topological polar surface area (TPSA) is 59.4 Å². The van der Waals surface area contributed by atoms with Gasteiger partial charge in [0, 0.05) is 29.9 Å². The number of halogens is 1. The zero-order valence-corrected chi connectivity index (χ0v) is 18.8. The van der Waals surface area contributed by atoms with Gasteiger partial charge in [-0.05, 0) is 49.2 Å². The van der Waals surface area contributed by atoms with Crippen molar-refractivity contribution in [1.82, 2.24) is 20.0 Å². The second kappa shape index (κ2) is 7.92. The minimum Gasteiger partial charge on any atom is -0.456 e. The molecule has 2 aliphatic rings. The number of nitrogens with one attached hydrogen (secondary N) is 1. The van der Waals surface area contributed by atoms with Gasteiger partial charge in [0.1, 0.15) is 11.5 Å². The number of fused-ring (bicyclic) bond motifs is 1. The van der Waals surface area contributed by atoms with E-state index in [1.807, 2.05) is 52.5 Å². The van der Waals surface area contributed by atoms with Crippen LogP contribution in [0.15, 0.2) is 60.1 Å². The number of hydrogen-bond donors (Lipinski definition) is 1. The summed E-state index contributed by atoms with van der Waals surface area (Å²) in [5, 5.41) is 11.2. The average molecular weight is 465 g/mol. The standard InChI is InChI=1S/C24H21ClN4O2S/c25-20-3-1-2-4-22(20)31-19-7-8-21-15(9-19)11-26-29(21)18-10-23(32-14-18)24(30)27-16-12-28(13-16)17-5-6-17/h1-4,7-11,14,16-17H,5-6,12-13H2,(H,27,30). The molecule has 0 bridgehead atoms. The van der Waals surface area contributed by atoms with E-state index < -0.39 is 0 Å². The highest BCUT2D eigenvalue weighted by Crippen LogP contribution is 2.32. The molecule has 1 saturated carbocycles. The molecule has 0 radical (unpaired) electrons. The molecule has 6 nitrogen and oxygen atoms in total. The maximum atomic E-state index is 12.7. The second-order valence-electron chi connectivity index (χ2n) is 8.33. The maximum Gasteiger partial charge on any atom is 0.261 e. The number of benzene rings is 2. The Morgan fingerprint density at radius 1 is 1.16 bits per heavy atom. The largest absolute Gasteiger partial charge is 0.456 e. The highest BCUT2D eigenvalue weighted by Gasteiger charge is 2.38. The first-order valence-electron chi connectivity index (χ1n) is 10.7. The summed E-state index contributed by atoms with van der Waals surface area (Å²) < 4.78 is 7.77. The predicted molar refractivity (Wildman–Crippen MR) is 126 cm³/mol. The number of amides is 1. The van der Waals surface area contributed by atoms with Gasteiger partial charge in [-0.3, -0.25) is 9.69 Å². The van der Waals surface area contributed by atoms with Gasteiger partial charge in [0.2, 0.25) is 0 Å². The molecule has 32 heavy (non-hydrogen) atoms. The van der Waals surface area contributed by atoms with Crippen molar-refractivity contribution < 1.29 is 9.53 Å². The minimum absolute atomic E-state index is 0.00594. The Morgan fingerprint density at radius 3 is 2.81 bits per heavy atom. The van der Waals surface area contributed by atoms with Gasteiger partial charge < -0.3 is 10.1 Å². The lowest BCUT2D eigenvalue weighted by Gasteiger charge is -2.39. The first-order chi connectivity index (χ1) is 15.6. The Labute approximate surface area is 194 Å². The molecule has 1 aliphatic carbocycles. The predicted octanol–water partition coefficient (Wildman–Crippen LogP) is 5.11. The van der Waals surface area contributed by atoms with Gasteiger partial charge in [-0.25, -0.2) is 4.68 Å². The lowest BCUT2D eigenvalue weighted by Crippen LogP contribution is -2.59. The van der Waals surface area contributed by atoms with Crippen LogP contribution in [0.4, 0.5) is 0 Å². The van der Waals surface area contributed by atoms with E-state index in [2.05, 4.69) is 15.3 Å². The van der Waals surface area contributed by atoms with E-state index in [1.165, 1.54) is 24.2 Å². The van der Waals surface area contributed by atoms with Crippen LogP contribution < -0.4 is 10.1 Å². The van der Waals surface area contributed by atoms with E-state index in [4.69, 9.17) is 16.3 Å². The molecular formula is C24H21ClN4O2S. The highest BCUT2D eigenvalue weighted by atomic mass is 35.5. The molecule has 1 amide bonds. The van der Waals surface area contributed by atoms with Gasteiger partial charge in [0.25, 0.3) is 5.91 Å². The van der Waals surface area contributed by atoms with Gasteiger partial charge in [-0.15, -0.1) is 11.3 Å². The summed E-state index contributed by atoms with van der Waals surface area (Å²) in [6, 6.07) is 16.1. The molecule has 6 rings (SSSR count). The third-order valence-corrected chi connectivity index (χ3v) is 7.19. The van der Waals surface area contributed by atoms with Gasteiger partial charge in [0.05, 0.1) is 33.3 Å². The van der Waals surface area contributed by atoms with E-state index in [9.17, 15) is 4.79 Å². The van der Waals surface area contributed by atoms with Crippen LogP contribution in [0, 0.1) is 0 Å². The fraction of sp³-hybridized carbons (Fsp3) is 0.250. The van der Waals surface area contributed by atoms with Crippen LogP contribution in [0.2, 0.25) is 5.02 Å². The van der Waals surface area contributed by atoms with Crippen molar-refractivity contribution in [3.63, 3.8) is 0 Å². The second-order valence-corrected chi connectivity index (χ2v) is 9.65. The summed E-state index contributed by atoms with van der Waals surface area (Å²) in [6.07, 6.45) is 4.41. The van der Waals surface area contributed by atoms with E-state index >= 15 is 0 Å². The molecular weight excluding hydrogens is 444 g/mol. The number of likely N-dealkylation sites (tertiary alicyclic amines) is 1. The van der Waals surface area contributed by atoms with Gasteiger partial charge in [-0.1, -0.05) is 23.7 Å². The number of carbonyl (C=O) groups is 1. The smallest absolute Gasteiger partial charge is 0.261 e. The van der Waals surface area contributed by atoms with Crippen LogP contribution in [-0.2, 0) is 0 Å². The number of para-hydroxylation sites is 1. The minimum atomic E-state index is -0.00594. The van der Waals surface area contributed by atoms with Crippen molar-refractivity contribution in [3.8, 4) is 17.2 Å². The molecule has 162 valence electrons. The zero-order chi connectivity index (χ0) is 21.7. The monoisotopic (exact) mass is 464 g/mol. The summed E-state index contributed by atoms with van der Waals surface area (Å²) in [5.41, 5.74) is 1.82. The number of rotatable bonds is 6. The summed E-state index contributed by atoms with van der Waals surface area (Å²) >= 11 is 7.64. The molecule has 1 N–H and O–H groups in total. The van der Waals surface area contributed by atoms with Crippen molar-refractivity contribution >= 4 is 39.7 Å². The van der Waals surface area contributed by atoms with Crippen LogP contribution in [0.5, 0.6) is 11.5 Å². The van der Waals surface area contributed by atoms with Crippen molar-refractivity contribution in [2.75, 3.05) is 13.1 Å². The van der Waals surface area contributed by atoms with E-state index in [-0.39, 0.29) is 11.9 Å². The molecule has 3 heterocycles. The lowest BCUT2D eigenvalue weighted by molar-refractivity contribution is 0.0796. The summed E-state index contributed by atoms with van der Waals surface area (Å²) in [6.45, 7) is 1.94. The van der Waals surface area contributed by atoms with Crippen LogP contribution in [-0.4, -0.2) is 45.8 Å². The fourth-order valence-electron chi connectivity index (χ4n) is 4.09. The number of nitrogens with zero attached hydrogens (tertiary/aromatic N) is 3. The molecule has 0 spiro atoms. The molecule has 4 aromatic rings. The molecule has 8 heteroatoms. The number of aromatic nitrogens is 2. The average Bonchev–Trinajstić information content (AvgIpc) is 3.31. The third kappa shape index (κ3) is 3.77. The van der Waals surface area contributed by atoms with Crippen molar-refractivity contribution in [1.29, 1.82) is 0 Å². The Bertz CT molecular complexity index is 1310. The molecule has 1 aliphatic heterocycles. The summed E-state index contributed by atoms with van der Waals surface area (Å²) in [5.74, 6) is 1.30. The van der Waals surface area contributed by atoms with E-state index in [0.717, 1.165) is 35.7 Å². The first kappa shape index (κ1) is 19.8. The van der Waals surface area contributed by atoms with Crippen molar-refractivity contribution in [2.24, 2.45) is 0 Å². The number of hydrogen-bond acceptors (Lipinski definition) is 5. The SMILES string of the molecule is O=C(NC1CN(C2CC2)C1)c1cc(-n2ncc3cc(Oc4ccccc4Cl)ccc32)cs1. The van der Waals surface area contributed by atoms with E-state index in [0.29, 0.717) is 21.4 Å². The normalized spacial score (nSPS) is 16.8. The number of thiophene rings is 1.